The number of aryl methyl sites for hydroxylation is 1. The minimum Gasteiger partial charge on any atom is -0.492 e. The summed E-state index contributed by atoms with van der Waals surface area (Å²) in [6, 6.07) is 22.2. The number of carbonyl (C=O) groups is 3. The molecule has 198 valence electrons. The van der Waals surface area contributed by atoms with Crippen LogP contribution in [0, 0.1) is 6.92 Å². The van der Waals surface area contributed by atoms with E-state index in [1.807, 2.05) is 78.4 Å². The number of ether oxygens (including phenoxy) is 1. The molecule has 0 radical (unpaired) electrons. The summed E-state index contributed by atoms with van der Waals surface area (Å²) in [7, 11) is 0. The van der Waals surface area contributed by atoms with E-state index in [2.05, 4.69) is 19.2 Å². The van der Waals surface area contributed by atoms with E-state index in [4.69, 9.17) is 4.74 Å². The summed E-state index contributed by atoms with van der Waals surface area (Å²) in [4.78, 5) is 40.0. The first-order valence-electron chi connectivity index (χ1n) is 13.1. The van der Waals surface area contributed by atoms with Gasteiger partial charge in [-0.25, -0.2) is 9.69 Å². The molecule has 1 aromatic heterocycles. The Kier molecular flexibility index (Phi) is 7.32. The predicted molar refractivity (Wildman–Crippen MR) is 153 cm³/mol. The molecule has 0 bridgehead atoms. The Bertz CT molecular complexity index is 1580. The van der Waals surface area contributed by atoms with E-state index in [-0.39, 0.29) is 5.57 Å². The van der Waals surface area contributed by atoms with Gasteiger partial charge in [-0.2, -0.15) is 0 Å². The Morgan fingerprint density at radius 3 is 2.49 bits per heavy atom. The quantitative estimate of drug-likeness (QED) is 0.221. The van der Waals surface area contributed by atoms with Crippen LogP contribution in [0.1, 0.15) is 42.9 Å². The molecule has 0 spiro atoms. The van der Waals surface area contributed by atoms with Crippen LogP contribution >= 0.6 is 0 Å². The number of hydrogen-bond acceptors (Lipinski definition) is 4. The van der Waals surface area contributed by atoms with Crippen molar-refractivity contribution >= 4 is 40.5 Å². The number of barbiturate groups is 1. The molecule has 2 heterocycles. The van der Waals surface area contributed by atoms with Crippen molar-refractivity contribution in [1.29, 1.82) is 0 Å². The summed E-state index contributed by atoms with van der Waals surface area (Å²) in [5, 5.41) is 3.21. The van der Waals surface area contributed by atoms with Gasteiger partial charge in [0, 0.05) is 22.7 Å². The van der Waals surface area contributed by atoms with Crippen LogP contribution in [-0.4, -0.2) is 29.0 Å². The number of anilines is 1. The van der Waals surface area contributed by atoms with Crippen LogP contribution in [0.25, 0.3) is 17.0 Å². The SMILES string of the molecule is CCC(C)c1ccc(N2C(=O)NC(=O)/C(=C/c3cn(CCOc4cccc(C)c4)c4ccccc34)C2=O)cc1. The Balaban J connectivity index is 1.43. The second kappa shape index (κ2) is 11.0. The van der Waals surface area contributed by atoms with Gasteiger partial charge in [-0.15, -0.1) is 0 Å². The van der Waals surface area contributed by atoms with Gasteiger partial charge in [-0.1, -0.05) is 56.3 Å². The molecule has 4 aromatic rings. The maximum Gasteiger partial charge on any atom is 0.335 e. The summed E-state index contributed by atoms with van der Waals surface area (Å²) >= 11 is 0. The lowest BCUT2D eigenvalue weighted by Gasteiger charge is -2.26. The highest BCUT2D eigenvalue weighted by molar-refractivity contribution is 6.39. The van der Waals surface area contributed by atoms with Crippen molar-refractivity contribution in [2.75, 3.05) is 11.5 Å². The number of benzene rings is 3. The average Bonchev–Trinajstić information content (AvgIpc) is 3.28. The predicted octanol–water partition coefficient (Wildman–Crippen LogP) is 6.21. The zero-order valence-electron chi connectivity index (χ0n) is 22.3. The van der Waals surface area contributed by atoms with Crippen molar-refractivity contribution in [2.24, 2.45) is 0 Å². The number of fused-ring (bicyclic) bond motifs is 1. The van der Waals surface area contributed by atoms with Gasteiger partial charge in [-0.3, -0.25) is 14.9 Å². The molecular formula is C32H31N3O4. The third-order valence-electron chi connectivity index (χ3n) is 7.14. The highest BCUT2D eigenvalue weighted by Crippen LogP contribution is 2.28. The highest BCUT2D eigenvalue weighted by Gasteiger charge is 2.37. The molecule has 1 aliphatic rings. The summed E-state index contributed by atoms with van der Waals surface area (Å²) < 4.78 is 7.98. The maximum atomic E-state index is 13.5. The molecule has 7 heteroatoms. The largest absolute Gasteiger partial charge is 0.492 e. The van der Waals surface area contributed by atoms with Gasteiger partial charge in [0.15, 0.2) is 0 Å². The fraction of sp³-hybridized carbons (Fsp3) is 0.219. The number of aromatic nitrogens is 1. The third kappa shape index (κ3) is 5.34. The van der Waals surface area contributed by atoms with Gasteiger partial charge in [0.25, 0.3) is 11.8 Å². The maximum absolute atomic E-state index is 13.5. The number of nitrogens with one attached hydrogen (secondary N) is 1. The van der Waals surface area contributed by atoms with Crippen LogP contribution in [0.3, 0.4) is 0 Å². The number of hydrogen-bond donors (Lipinski definition) is 1. The molecule has 4 amide bonds. The molecule has 0 saturated carbocycles. The molecule has 1 N–H and O–H groups in total. The number of para-hydroxylation sites is 1. The number of imide groups is 2. The van der Waals surface area contributed by atoms with E-state index in [1.165, 1.54) is 0 Å². The first-order valence-corrected chi connectivity index (χ1v) is 13.1. The molecule has 1 unspecified atom stereocenters. The molecular weight excluding hydrogens is 490 g/mol. The van der Waals surface area contributed by atoms with Crippen LogP contribution in [-0.2, 0) is 16.1 Å². The van der Waals surface area contributed by atoms with Gasteiger partial charge in [0.1, 0.15) is 17.9 Å². The molecule has 1 saturated heterocycles. The average molecular weight is 522 g/mol. The molecule has 1 atom stereocenters. The molecule has 1 aliphatic heterocycles. The summed E-state index contributed by atoms with van der Waals surface area (Å²) in [5.41, 5.74) is 4.23. The van der Waals surface area contributed by atoms with Crippen LogP contribution in [0.2, 0.25) is 0 Å². The Morgan fingerprint density at radius 2 is 1.74 bits per heavy atom. The van der Waals surface area contributed by atoms with Crippen molar-refractivity contribution in [3.63, 3.8) is 0 Å². The molecule has 5 rings (SSSR count). The van der Waals surface area contributed by atoms with Gasteiger partial charge in [0.2, 0.25) is 0 Å². The topological polar surface area (TPSA) is 80.6 Å². The van der Waals surface area contributed by atoms with Gasteiger partial charge >= 0.3 is 6.03 Å². The van der Waals surface area contributed by atoms with E-state index < -0.39 is 17.8 Å². The van der Waals surface area contributed by atoms with E-state index in [0.717, 1.165) is 39.1 Å². The lowest BCUT2D eigenvalue weighted by Crippen LogP contribution is -2.54. The number of carbonyl (C=O) groups excluding carboxylic acids is 3. The number of urea groups is 1. The fourth-order valence-electron chi connectivity index (χ4n) is 4.78. The normalized spacial score (nSPS) is 15.6. The van der Waals surface area contributed by atoms with Crippen LogP contribution in [0.4, 0.5) is 10.5 Å². The van der Waals surface area contributed by atoms with Crippen LogP contribution in [0.15, 0.2) is 84.6 Å². The lowest BCUT2D eigenvalue weighted by atomic mass is 9.98. The first-order chi connectivity index (χ1) is 18.9. The lowest BCUT2D eigenvalue weighted by molar-refractivity contribution is -0.122. The van der Waals surface area contributed by atoms with E-state index in [0.29, 0.717) is 30.3 Å². The van der Waals surface area contributed by atoms with Crippen molar-refractivity contribution in [3.05, 3.63) is 101 Å². The fourth-order valence-corrected chi connectivity index (χ4v) is 4.78. The summed E-state index contributed by atoms with van der Waals surface area (Å²) in [6.45, 7) is 7.28. The second-order valence-corrected chi connectivity index (χ2v) is 9.82. The smallest absolute Gasteiger partial charge is 0.335 e. The van der Waals surface area contributed by atoms with Crippen LogP contribution in [0.5, 0.6) is 5.75 Å². The minimum atomic E-state index is -0.755. The second-order valence-electron chi connectivity index (χ2n) is 9.82. The third-order valence-corrected chi connectivity index (χ3v) is 7.14. The Labute approximate surface area is 227 Å². The van der Waals surface area contributed by atoms with Gasteiger partial charge in [0.05, 0.1) is 12.2 Å². The van der Waals surface area contributed by atoms with Crippen molar-refractivity contribution in [1.82, 2.24) is 9.88 Å². The standard InChI is InChI=1S/C32H31N3O4/c1-4-22(3)23-12-14-25(15-13-23)35-31(37)28(30(36)33-32(35)38)19-24-20-34(29-11-6-5-10-27(24)29)16-17-39-26-9-7-8-21(2)18-26/h5-15,18-20,22H,4,16-17H2,1-3H3,(H,33,36,38)/b28-19-. The number of nitrogens with zero attached hydrogens (tertiary/aromatic N) is 2. The first kappa shape index (κ1) is 26.0. The van der Waals surface area contributed by atoms with Gasteiger partial charge in [-0.05, 0) is 66.8 Å². The molecule has 39 heavy (non-hydrogen) atoms. The van der Waals surface area contributed by atoms with E-state index >= 15 is 0 Å². The monoisotopic (exact) mass is 521 g/mol. The van der Waals surface area contributed by atoms with Crippen molar-refractivity contribution in [2.45, 2.75) is 39.7 Å². The number of rotatable bonds is 8. The van der Waals surface area contributed by atoms with Crippen LogP contribution < -0.4 is 15.0 Å². The minimum absolute atomic E-state index is 0.0977. The Hall–Kier alpha value is -4.65. The molecule has 7 nitrogen and oxygen atoms in total. The van der Waals surface area contributed by atoms with Gasteiger partial charge < -0.3 is 9.30 Å². The summed E-state index contributed by atoms with van der Waals surface area (Å²) in [6.07, 6.45) is 4.44. The Morgan fingerprint density at radius 1 is 0.974 bits per heavy atom. The van der Waals surface area contributed by atoms with E-state index in [9.17, 15) is 14.4 Å². The van der Waals surface area contributed by atoms with Crippen molar-refractivity contribution in [3.8, 4) is 5.75 Å². The van der Waals surface area contributed by atoms with E-state index in [1.54, 1.807) is 18.2 Å². The number of amides is 4. The zero-order chi connectivity index (χ0) is 27.5. The summed E-state index contributed by atoms with van der Waals surface area (Å²) in [5.74, 6) is -0.196. The van der Waals surface area contributed by atoms with Crippen molar-refractivity contribution < 1.29 is 19.1 Å². The molecule has 1 fully saturated rings. The highest BCUT2D eigenvalue weighted by atomic mass is 16.5. The zero-order valence-corrected chi connectivity index (χ0v) is 22.3. The molecule has 0 aliphatic carbocycles. The molecule has 3 aromatic carbocycles.